The van der Waals surface area contributed by atoms with E-state index in [2.05, 4.69) is 42.3 Å². The number of pyridine rings is 2. The Morgan fingerprint density at radius 1 is 0.831 bits per heavy atom. The van der Waals surface area contributed by atoms with Gasteiger partial charge in [0.05, 0.1) is 28.7 Å². The van der Waals surface area contributed by atoms with Gasteiger partial charge in [-0.05, 0) is 99.1 Å². The third-order valence-corrected chi connectivity index (χ3v) is 15.1. The van der Waals surface area contributed by atoms with Crippen LogP contribution in [0.2, 0.25) is 0 Å². The van der Waals surface area contributed by atoms with Gasteiger partial charge in [-0.3, -0.25) is 34.1 Å². The van der Waals surface area contributed by atoms with Gasteiger partial charge in [-0.1, -0.05) is 31.4 Å². The number of ketones is 1. The number of H-pyrrole nitrogens is 1. The van der Waals surface area contributed by atoms with E-state index in [1.165, 1.54) is 11.8 Å². The van der Waals surface area contributed by atoms with E-state index in [1.807, 2.05) is 29.2 Å². The lowest BCUT2D eigenvalue weighted by Gasteiger charge is -2.38. The van der Waals surface area contributed by atoms with Gasteiger partial charge in [0.15, 0.2) is 5.78 Å². The van der Waals surface area contributed by atoms with Crippen LogP contribution in [0.15, 0.2) is 73.1 Å². The molecule has 0 spiro atoms. The Morgan fingerprint density at radius 2 is 1.58 bits per heavy atom. The summed E-state index contributed by atoms with van der Waals surface area (Å²) < 4.78 is 58.4. The fourth-order valence-electron chi connectivity index (χ4n) is 9.52. The standard InChI is InChI=1S/C47H51F2N9O6S/c48-37-26-38(49)41(55-65(63,64)32-5-2-1-3-6-32)25-35(37)44(61)36-27-51-45-33(36)12-13-39(53-45)34-7-4-18-50-46(34)58-23-21-57(22-24-58)43(60)28-56-19-16-30(17-20-56)29-8-10-31(11-9-29)52-40-14-15-42(59)54-47(40)62/h4,7-13,18,25-27,30,32,40,52,55H,1-3,5-6,14-17,19-24,28H2,(H,51,53)(H,54,59,62). The van der Waals surface area contributed by atoms with Crippen molar-refractivity contribution in [2.75, 3.05) is 60.8 Å². The minimum Gasteiger partial charge on any atom is -0.374 e. The number of imide groups is 1. The van der Waals surface area contributed by atoms with Crippen LogP contribution in [-0.2, 0) is 24.4 Å². The molecule has 0 bridgehead atoms. The average molecular weight is 908 g/mol. The number of likely N-dealkylation sites (tertiary alicyclic amines) is 1. The summed E-state index contributed by atoms with van der Waals surface area (Å²) in [7, 11) is -3.95. The van der Waals surface area contributed by atoms with Crippen LogP contribution in [0.5, 0.6) is 0 Å². The smallest absolute Gasteiger partial charge is 0.249 e. The van der Waals surface area contributed by atoms with Crippen LogP contribution in [0, 0.1) is 11.6 Å². The fourth-order valence-corrected chi connectivity index (χ4v) is 11.1. The molecule has 4 aliphatic rings. The molecule has 3 saturated heterocycles. The van der Waals surface area contributed by atoms with Crippen LogP contribution in [0.25, 0.3) is 22.3 Å². The number of hydrogen-bond acceptors (Lipinski definition) is 11. The Morgan fingerprint density at radius 3 is 2.32 bits per heavy atom. The van der Waals surface area contributed by atoms with Crippen molar-refractivity contribution in [2.24, 2.45) is 0 Å². The van der Waals surface area contributed by atoms with Crippen LogP contribution in [0.1, 0.15) is 85.2 Å². The van der Waals surface area contributed by atoms with E-state index in [0.717, 1.165) is 62.5 Å². The molecule has 5 aromatic rings. The highest BCUT2D eigenvalue weighted by molar-refractivity contribution is 7.93. The molecule has 6 heterocycles. The van der Waals surface area contributed by atoms with E-state index in [9.17, 15) is 32.0 Å². The summed E-state index contributed by atoms with van der Waals surface area (Å²) in [6.07, 6.45) is 9.10. The van der Waals surface area contributed by atoms with Gasteiger partial charge in [0.1, 0.15) is 29.1 Å². The third-order valence-electron chi connectivity index (χ3n) is 13.2. The van der Waals surface area contributed by atoms with Gasteiger partial charge in [0, 0.05) is 73.3 Å². The number of rotatable bonds is 12. The van der Waals surface area contributed by atoms with Gasteiger partial charge in [-0.2, -0.15) is 0 Å². The maximum Gasteiger partial charge on any atom is 0.249 e. The Bertz CT molecular complexity index is 2730. The Hall–Kier alpha value is -6.27. The molecule has 1 saturated carbocycles. The van der Waals surface area contributed by atoms with Crippen molar-refractivity contribution in [3.63, 3.8) is 0 Å². The molecule has 1 atom stereocenters. The summed E-state index contributed by atoms with van der Waals surface area (Å²) >= 11 is 0. The van der Waals surface area contributed by atoms with Gasteiger partial charge >= 0.3 is 0 Å². The first kappa shape index (κ1) is 44.0. The zero-order valence-electron chi connectivity index (χ0n) is 35.8. The van der Waals surface area contributed by atoms with E-state index >= 15 is 4.39 Å². The summed E-state index contributed by atoms with van der Waals surface area (Å²) in [6, 6.07) is 16.3. The Labute approximate surface area is 375 Å². The molecule has 4 N–H and O–H groups in total. The maximum absolute atomic E-state index is 15.2. The molecule has 3 aliphatic heterocycles. The van der Waals surface area contributed by atoms with Crippen molar-refractivity contribution in [2.45, 2.75) is 75.0 Å². The molecule has 3 amide bonds. The van der Waals surface area contributed by atoms with Gasteiger partial charge < -0.3 is 20.1 Å². The average Bonchev–Trinajstić information content (AvgIpc) is 3.75. The maximum atomic E-state index is 15.2. The Kier molecular flexibility index (Phi) is 12.6. The quantitative estimate of drug-likeness (QED) is 0.0855. The number of carbonyl (C=O) groups is 4. The van der Waals surface area contributed by atoms with Gasteiger partial charge in [0.2, 0.25) is 27.7 Å². The number of benzene rings is 2. The lowest BCUT2D eigenvalue weighted by Crippen LogP contribution is -2.52. The highest BCUT2D eigenvalue weighted by Crippen LogP contribution is 2.34. The summed E-state index contributed by atoms with van der Waals surface area (Å²) in [4.78, 5) is 69.7. The van der Waals surface area contributed by atoms with E-state index in [-0.39, 0.29) is 23.3 Å². The number of piperazine rings is 1. The number of sulfonamides is 1. The van der Waals surface area contributed by atoms with Gasteiger partial charge in [0.25, 0.3) is 0 Å². The van der Waals surface area contributed by atoms with Crippen molar-refractivity contribution in [1.82, 2.24) is 30.1 Å². The van der Waals surface area contributed by atoms with E-state index in [0.29, 0.717) is 92.9 Å². The van der Waals surface area contributed by atoms with Crippen LogP contribution >= 0.6 is 0 Å². The molecule has 9 rings (SSSR count). The van der Waals surface area contributed by atoms with E-state index < -0.39 is 50.0 Å². The number of hydrogen-bond donors (Lipinski definition) is 4. The second-order valence-electron chi connectivity index (χ2n) is 17.4. The third kappa shape index (κ3) is 9.59. The summed E-state index contributed by atoms with van der Waals surface area (Å²) in [5, 5.41) is 5.32. The summed E-state index contributed by atoms with van der Waals surface area (Å²) in [5.74, 6) is -2.35. The summed E-state index contributed by atoms with van der Waals surface area (Å²) in [6.45, 7) is 4.17. The minimum absolute atomic E-state index is 0.0925. The number of aromatic nitrogens is 3. The van der Waals surface area contributed by atoms with Crippen molar-refractivity contribution >= 4 is 61.8 Å². The second kappa shape index (κ2) is 18.7. The van der Waals surface area contributed by atoms with Crippen molar-refractivity contribution in [3.05, 3.63) is 101 Å². The zero-order chi connectivity index (χ0) is 45.2. The number of nitrogens with zero attached hydrogens (tertiary/aromatic N) is 5. The van der Waals surface area contributed by atoms with E-state index in [1.54, 1.807) is 18.3 Å². The molecule has 1 unspecified atom stereocenters. The number of fused-ring (bicyclic) bond motifs is 1. The lowest BCUT2D eigenvalue weighted by molar-refractivity contribution is -0.134. The monoisotopic (exact) mass is 907 g/mol. The van der Waals surface area contributed by atoms with Crippen LogP contribution < -0.4 is 20.3 Å². The minimum atomic E-state index is -3.95. The first-order valence-corrected chi connectivity index (χ1v) is 23.9. The number of aromatic amines is 1. The molecule has 15 nitrogen and oxygen atoms in total. The number of nitrogens with one attached hydrogen (secondary N) is 4. The highest BCUT2D eigenvalue weighted by Gasteiger charge is 2.31. The molecule has 1 aliphatic carbocycles. The molecular weight excluding hydrogens is 857 g/mol. The zero-order valence-corrected chi connectivity index (χ0v) is 36.6. The molecular formula is C47H51F2N9O6S. The highest BCUT2D eigenvalue weighted by atomic mass is 32.2. The fraction of sp³-hybridized carbons (Fsp3) is 0.404. The molecule has 4 fully saturated rings. The number of anilines is 3. The SMILES string of the molecule is O=C1CCC(Nc2ccc(C3CCN(CC(=O)N4CCN(c5ncccc5-c5ccc6c(C(=O)c7cc(NS(=O)(=O)C8CCCCC8)c(F)cc7F)c[nH]c6n5)CC4)CC3)cc2)C(=O)N1. The largest absolute Gasteiger partial charge is 0.374 e. The number of piperidine rings is 2. The number of amides is 3. The van der Waals surface area contributed by atoms with Crippen molar-refractivity contribution in [1.29, 1.82) is 0 Å². The topological polar surface area (TPSA) is 190 Å². The molecule has 3 aromatic heterocycles. The predicted octanol–water partition coefficient (Wildman–Crippen LogP) is 5.95. The van der Waals surface area contributed by atoms with Crippen LogP contribution in [-0.4, -0.2) is 114 Å². The first-order valence-electron chi connectivity index (χ1n) is 22.3. The summed E-state index contributed by atoms with van der Waals surface area (Å²) in [5.41, 5.74) is 2.89. The second-order valence-corrected chi connectivity index (χ2v) is 19.4. The molecule has 2 aromatic carbocycles. The van der Waals surface area contributed by atoms with Crippen molar-refractivity contribution < 1.29 is 36.4 Å². The molecule has 18 heteroatoms. The molecule has 340 valence electrons. The first-order chi connectivity index (χ1) is 31.4. The molecule has 65 heavy (non-hydrogen) atoms. The van der Waals surface area contributed by atoms with Gasteiger partial charge in [-0.25, -0.2) is 27.2 Å². The normalized spacial score (nSPS) is 19.3. The Balaban J connectivity index is 0.795. The lowest BCUT2D eigenvalue weighted by atomic mass is 9.89. The van der Waals surface area contributed by atoms with Crippen LogP contribution in [0.3, 0.4) is 0 Å². The van der Waals surface area contributed by atoms with Crippen molar-refractivity contribution in [3.8, 4) is 11.3 Å². The van der Waals surface area contributed by atoms with Crippen LogP contribution in [0.4, 0.5) is 26.0 Å². The van der Waals surface area contributed by atoms with Gasteiger partial charge in [-0.15, -0.1) is 0 Å². The van der Waals surface area contributed by atoms with E-state index in [4.69, 9.17) is 9.97 Å². The number of carbonyl (C=O) groups excluding carboxylic acids is 4. The molecule has 0 radical (unpaired) electrons. The predicted molar refractivity (Wildman–Crippen MR) is 242 cm³/mol. The number of halogens is 2.